The predicted molar refractivity (Wildman–Crippen MR) is 100 cm³/mol. The van der Waals surface area contributed by atoms with E-state index in [1.807, 2.05) is 18.2 Å². The molecule has 130 valence electrons. The number of benzene rings is 2. The van der Waals surface area contributed by atoms with Crippen molar-refractivity contribution >= 4 is 40.5 Å². The van der Waals surface area contributed by atoms with Crippen LogP contribution in [0, 0.1) is 0 Å². The van der Waals surface area contributed by atoms with Crippen LogP contribution in [0.2, 0.25) is 5.02 Å². The van der Waals surface area contributed by atoms with Gasteiger partial charge in [-0.05, 0) is 36.0 Å². The number of hydrazine groups is 1. The Bertz CT molecular complexity index is 800. The molecule has 0 saturated carbocycles. The highest BCUT2D eigenvalue weighted by Crippen LogP contribution is 2.32. The molecule has 1 heterocycles. The third-order valence-electron chi connectivity index (χ3n) is 3.42. The molecule has 0 atom stereocenters. The summed E-state index contributed by atoms with van der Waals surface area (Å²) in [6.45, 7) is 1.05. The van der Waals surface area contributed by atoms with E-state index in [0.717, 1.165) is 11.3 Å². The molecule has 0 saturated heterocycles. The summed E-state index contributed by atoms with van der Waals surface area (Å²) < 4.78 is 11.0. The van der Waals surface area contributed by atoms with Crippen LogP contribution in [0.1, 0.15) is 5.56 Å². The lowest BCUT2D eigenvalue weighted by Crippen LogP contribution is -2.44. The van der Waals surface area contributed by atoms with Crippen molar-refractivity contribution in [2.24, 2.45) is 0 Å². The number of ether oxygens (including phenoxy) is 2. The van der Waals surface area contributed by atoms with E-state index in [1.54, 1.807) is 24.3 Å². The molecule has 3 N–H and O–H groups in total. The van der Waals surface area contributed by atoms with Crippen LogP contribution in [-0.4, -0.2) is 24.2 Å². The Labute approximate surface area is 155 Å². The van der Waals surface area contributed by atoms with Gasteiger partial charge in [0, 0.05) is 16.8 Å². The molecule has 25 heavy (non-hydrogen) atoms. The lowest BCUT2D eigenvalue weighted by molar-refractivity contribution is -0.120. The first-order valence-electron chi connectivity index (χ1n) is 7.61. The number of rotatable bonds is 3. The number of halogens is 1. The number of carbonyl (C=O) groups excluding carboxylic acids is 1. The first-order chi connectivity index (χ1) is 12.1. The zero-order valence-electron chi connectivity index (χ0n) is 13.2. The number of hydrogen-bond acceptors (Lipinski definition) is 4. The van der Waals surface area contributed by atoms with Gasteiger partial charge in [0.05, 0.1) is 6.42 Å². The molecule has 1 amide bonds. The molecule has 0 aliphatic carbocycles. The van der Waals surface area contributed by atoms with Gasteiger partial charge in [0.1, 0.15) is 13.2 Å². The zero-order valence-corrected chi connectivity index (χ0v) is 14.7. The molecule has 0 unspecified atom stereocenters. The summed E-state index contributed by atoms with van der Waals surface area (Å²) in [5.41, 5.74) is 6.66. The molecule has 0 spiro atoms. The van der Waals surface area contributed by atoms with Gasteiger partial charge < -0.3 is 14.8 Å². The fraction of sp³-hybridized carbons (Fsp3) is 0.176. The molecular weight excluding hydrogens is 362 g/mol. The predicted octanol–water partition coefficient (Wildman–Crippen LogP) is 2.67. The molecule has 3 rings (SSSR count). The molecule has 2 aromatic rings. The topological polar surface area (TPSA) is 71.6 Å². The molecule has 6 nitrogen and oxygen atoms in total. The molecule has 1 aliphatic heterocycles. The summed E-state index contributed by atoms with van der Waals surface area (Å²) >= 11 is 11.2. The van der Waals surface area contributed by atoms with Crippen molar-refractivity contribution in [2.45, 2.75) is 6.42 Å². The SMILES string of the molecule is O=C(Cc1ccccc1Cl)NNC(=S)Nc1ccc2c(c1)OCCO2. The van der Waals surface area contributed by atoms with Gasteiger partial charge in [-0.2, -0.15) is 0 Å². The lowest BCUT2D eigenvalue weighted by Gasteiger charge is -2.19. The number of fused-ring (bicyclic) bond motifs is 1. The van der Waals surface area contributed by atoms with E-state index in [4.69, 9.17) is 33.3 Å². The van der Waals surface area contributed by atoms with E-state index in [-0.39, 0.29) is 17.4 Å². The second-order valence-electron chi connectivity index (χ2n) is 5.25. The van der Waals surface area contributed by atoms with Crippen molar-refractivity contribution in [3.63, 3.8) is 0 Å². The monoisotopic (exact) mass is 377 g/mol. The van der Waals surface area contributed by atoms with Crippen LogP contribution in [0.15, 0.2) is 42.5 Å². The van der Waals surface area contributed by atoms with Crippen molar-refractivity contribution < 1.29 is 14.3 Å². The fourth-order valence-electron chi connectivity index (χ4n) is 2.27. The highest BCUT2D eigenvalue weighted by atomic mass is 35.5. The van der Waals surface area contributed by atoms with E-state index < -0.39 is 0 Å². The van der Waals surface area contributed by atoms with Gasteiger partial charge in [-0.15, -0.1) is 0 Å². The van der Waals surface area contributed by atoms with Gasteiger partial charge in [0.25, 0.3) is 0 Å². The average molecular weight is 378 g/mol. The van der Waals surface area contributed by atoms with Gasteiger partial charge in [-0.3, -0.25) is 15.6 Å². The van der Waals surface area contributed by atoms with Gasteiger partial charge in [0.15, 0.2) is 16.6 Å². The number of hydrogen-bond donors (Lipinski definition) is 3. The van der Waals surface area contributed by atoms with Gasteiger partial charge in [-0.25, -0.2) is 0 Å². The molecule has 1 aliphatic rings. The zero-order chi connectivity index (χ0) is 17.6. The summed E-state index contributed by atoms with van der Waals surface area (Å²) in [7, 11) is 0. The third-order valence-corrected chi connectivity index (χ3v) is 4.00. The Morgan fingerprint density at radius 1 is 1.08 bits per heavy atom. The standard InChI is InChI=1S/C17H16ClN3O3S/c18-13-4-2-1-3-11(13)9-16(22)20-21-17(25)19-12-5-6-14-15(10-12)24-8-7-23-14/h1-6,10H,7-9H2,(H,20,22)(H2,19,21,25). The van der Waals surface area contributed by atoms with E-state index >= 15 is 0 Å². The van der Waals surface area contributed by atoms with Crippen LogP contribution in [0.3, 0.4) is 0 Å². The van der Waals surface area contributed by atoms with Crippen molar-refractivity contribution in [3.05, 3.63) is 53.1 Å². The van der Waals surface area contributed by atoms with Gasteiger partial charge >= 0.3 is 0 Å². The van der Waals surface area contributed by atoms with Crippen molar-refractivity contribution in [1.29, 1.82) is 0 Å². The molecule has 2 aromatic carbocycles. The van der Waals surface area contributed by atoms with Crippen molar-refractivity contribution in [3.8, 4) is 11.5 Å². The number of anilines is 1. The van der Waals surface area contributed by atoms with E-state index in [0.29, 0.717) is 29.7 Å². The number of amides is 1. The Morgan fingerprint density at radius 2 is 1.84 bits per heavy atom. The summed E-state index contributed by atoms with van der Waals surface area (Å²) in [5, 5.41) is 3.77. The molecule has 0 bridgehead atoms. The quantitative estimate of drug-likeness (QED) is 0.564. The minimum Gasteiger partial charge on any atom is -0.486 e. The average Bonchev–Trinajstić information content (AvgIpc) is 2.62. The minimum atomic E-state index is -0.251. The van der Waals surface area contributed by atoms with Gasteiger partial charge in [-0.1, -0.05) is 29.8 Å². The Hall–Kier alpha value is -2.51. The van der Waals surface area contributed by atoms with E-state index in [1.165, 1.54) is 0 Å². The summed E-state index contributed by atoms with van der Waals surface area (Å²) in [5.74, 6) is 1.10. The molecule has 0 aromatic heterocycles. The first kappa shape index (κ1) is 17.3. The summed E-state index contributed by atoms with van der Waals surface area (Å²) in [6.07, 6.45) is 0.152. The maximum Gasteiger partial charge on any atom is 0.242 e. The Balaban J connectivity index is 1.49. The second-order valence-corrected chi connectivity index (χ2v) is 6.07. The summed E-state index contributed by atoms with van der Waals surface area (Å²) in [4.78, 5) is 12.0. The van der Waals surface area contributed by atoms with Crippen molar-refractivity contribution in [1.82, 2.24) is 10.9 Å². The van der Waals surface area contributed by atoms with Crippen LogP contribution < -0.4 is 25.6 Å². The molecule has 0 fully saturated rings. The van der Waals surface area contributed by atoms with Crippen LogP contribution in [0.5, 0.6) is 11.5 Å². The first-order valence-corrected chi connectivity index (χ1v) is 8.39. The van der Waals surface area contributed by atoms with Crippen molar-refractivity contribution in [2.75, 3.05) is 18.5 Å². The lowest BCUT2D eigenvalue weighted by atomic mass is 10.1. The number of thiocarbonyl (C=S) groups is 1. The molecule has 0 radical (unpaired) electrons. The highest BCUT2D eigenvalue weighted by Gasteiger charge is 2.12. The second kappa shape index (κ2) is 8.04. The highest BCUT2D eigenvalue weighted by molar-refractivity contribution is 7.80. The van der Waals surface area contributed by atoms with E-state index in [9.17, 15) is 4.79 Å². The van der Waals surface area contributed by atoms with Crippen LogP contribution >= 0.6 is 23.8 Å². The smallest absolute Gasteiger partial charge is 0.242 e. The molecule has 8 heteroatoms. The maximum atomic E-state index is 12.0. The number of nitrogens with one attached hydrogen (secondary N) is 3. The molecular formula is C17H16ClN3O3S. The largest absolute Gasteiger partial charge is 0.486 e. The fourth-order valence-corrected chi connectivity index (χ4v) is 2.64. The number of carbonyl (C=O) groups is 1. The Kier molecular flexibility index (Phi) is 5.57. The Morgan fingerprint density at radius 3 is 2.64 bits per heavy atom. The van der Waals surface area contributed by atoms with E-state index in [2.05, 4.69) is 16.2 Å². The van der Waals surface area contributed by atoms with Crippen LogP contribution in [-0.2, 0) is 11.2 Å². The summed E-state index contributed by atoms with van der Waals surface area (Å²) in [6, 6.07) is 12.6. The van der Waals surface area contributed by atoms with Crippen LogP contribution in [0.4, 0.5) is 5.69 Å². The van der Waals surface area contributed by atoms with Gasteiger partial charge in [0.2, 0.25) is 5.91 Å². The van der Waals surface area contributed by atoms with Crippen LogP contribution in [0.25, 0.3) is 0 Å². The maximum absolute atomic E-state index is 12.0. The minimum absolute atomic E-state index is 0.152. The third kappa shape index (κ3) is 4.74. The normalized spacial score (nSPS) is 12.2.